The molecular formula is C29H30ClFN4OS. The van der Waals surface area contributed by atoms with Gasteiger partial charge in [-0.1, -0.05) is 78.0 Å². The van der Waals surface area contributed by atoms with Gasteiger partial charge < -0.3 is 9.88 Å². The lowest BCUT2D eigenvalue weighted by Crippen LogP contribution is -2.22. The lowest BCUT2D eigenvalue weighted by molar-refractivity contribution is -0.121. The van der Waals surface area contributed by atoms with Crippen molar-refractivity contribution in [3.63, 3.8) is 0 Å². The van der Waals surface area contributed by atoms with Gasteiger partial charge in [-0.05, 0) is 60.2 Å². The molecule has 0 saturated carbocycles. The van der Waals surface area contributed by atoms with E-state index in [-0.39, 0.29) is 11.7 Å². The molecule has 192 valence electrons. The first kappa shape index (κ1) is 26.9. The van der Waals surface area contributed by atoms with Crippen LogP contribution >= 0.6 is 23.4 Å². The number of thioether (sulfide) groups is 1. The van der Waals surface area contributed by atoms with E-state index in [1.54, 1.807) is 23.9 Å². The smallest absolute Gasteiger partial charge is 0.220 e. The van der Waals surface area contributed by atoms with Crippen LogP contribution in [0.4, 0.5) is 4.39 Å². The van der Waals surface area contributed by atoms with E-state index in [9.17, 15) is 9.18 Å². The van der Waals surface area contributed by atoms with Crippen LogP contribution in [0.25, 0.3) is 0 Å². The Balaban J connectivity index is 1.30. The predicted molar refractivity (Wildman–Crippen MR) is 147 cm³/mol. The first-order valence-electron chi connectivity index (χ1n) is 12.4. The predicted octanol–water partition coefficient (Wildman–Crippen LogP) is 6.63. The Morgan fingerprint density at radius 3 is 2.46 bits per heavy atom. The Labute approximate surface area is 226 Å². The molecule has 4 aromatic rings. The zero-order valence-corrected chi connectivity index (χ0v) is 22.1. The fourth-order valence-electron chi connectivity index (χ4n) is 3.96. The molecule has 1 aromatic heterocycles. The molecule has 0 saturated heterocycles. The van der Waals surface area contributed by atoms with Crippen LogP contribution in [0, 0.1) is 5.82 Å². The van der Waals surface area contributed by atoms with Crippen molar-refractivity contribution in [3.8, 4) is 0 Å². The Morgan fingerprint density at radius 1 is 0.892 bits per heavy atom. The third kappa shape index (κ3) is 8.72. The summed E-state index contributed by atoms with van der Waals surface area (Å²) < 4.78 is 15.2. The summed E-state index contributed by atoms with van der Waals surface area (Å²) in [6.45, 7) is 1.20. The van der Waals surface area contributed by atoms with Gasteiger partial charge in [-0.2, -0.15) is 0 Å². The van der Waals surface area contributed by atoms with E-state index in [0.29, 0.717) is 13.0 Å². The summed E-state index contributed by atoms with van der Waals surface area (Å²) in [7, 11) is 0. The summed E-state index contributed by atoms with van der Waals surface area (Å²) in [5, 5.41) is 13.5. The van der Waals surface area contributed by atoms with Crippen LogP contribution < -0.4 is 5.32 Å². The van der Waals surface area contributed by atoms with Crippen molar-refractivity contribution in [2.45, 2.75) is 56.1 Å². The second kappa shape index (κ2) is 14.0. The first-order valence-corrected chi connectivity index (χ1v) is 13.8. The Kier molecular flexibility index (Phi) is 10.1. The van der Waals surface area contributed by atoms with Crippen molar-refractivity contribution in [3.05, 3.63) is 112 Å². The van der Waals surface area contributed by atoms with E-state index in [2.05, 4.69) is 50.4 Å². The lowest BCUT2D eigenvalue weighted by atomic mass is 10.1. The van der Waals surface area contributed by atoms with Crippen LogP contribution in [0.15, 0.2) is 84.0 Å². The molecule has 0 fully saturated rings. The molecule has 0 radical (unpaired) electrons. The van der Waals surface area contributed by atoms with Crippen molar-refractivity contribution < 1.29 is 9.18 Å². The summed E-state index contributed by atoms with van der Waals surface area (Å²) in [5.74, 6) is 1.42. The van der Waals surface area contributed by atoms with Crippen LogP contribution in [0.3, 0.4) is 0 Å². The first-order chi connectivity index (χ1) is 18.1. The van der Waals surface area contributed by atoms with E-state index < -0.39 is 0 Å². The van der Waals surface area contributed by atoms with Crippen molar-refractivity contribution in [2.75, 3.05) is 0 Å². The topological polar surface area (TPSA) is 59.8 Å². The lowest BCUT2D eigenvalue weighted by Gasteiger charge is -2.11. The van der Waals surface area contributed by atoms with Gasteiger partial charge in [-0.3, -0.25) is 4.79 Å². The van der Waals surface area contributed by atoms with Crippen LogP contribution in [0.5, 0.6) is 0 Å². The second-order valence-electron chi connectivity index (χ2n) is 8.81. The number of benzene rings is 3. The van der Waals surface area contributed by atoms with Crippen LogP contribution in [-0.4, -0.2) is 20.7 Å². The van der Waals surface area contributed by atoms with Gasteiger partial charge in [0.05, 0.1) is 0 Å². The highest BCUT2D eigenvalue weighted by atomic mass is 35.5. The molecule has 0 aliphatic rings. The fraction of sp³-hybridized carbons (Fsp3) is 0.276. The van der Waals surface area contributed by atoms with Crippen molar-refractivity contribution >= 4 is 29.3 Å². The van der Waals surface area contributed by atoms with E-state index in [4.69, 9.17) is 11.6 Å². The molecule has 0 bridgehead atoms. The number of nitrogens with one attached hydrogen (secondary N) is 1. The van der Waals surface area contributed by atoms with Gasteiger partial charge in [-0.25, -0.2) is 4.39 Å². The number of nitrogens with zero attached hydrogens (tertiary/aromatic N) is 3. The van der Waals surface area contributed by atoms with Crippen LogP contribution in [0.2, 0.25) is 5.02 Å². The largest absolute Gasteiger partial charge is 0.352 e. The number of aryl methyl sites for hydroxylation is 2. The van der Waals surface area contributed by atoms with Crippen molar-refractivity contribution in [2.24, 2.45) is 0 Å². The normalized spacial score (nSPS) is 11.0. The zero-order valence-electron chi connectivity index (χ0n) is 20.6. The van der Waals surface area contributed by atoms with Crippen molar-refractivity contribution in [1.29, 1.82) is 0 Å². The maximum Gasteiger partial charge on any atom is 0.220 e. The fourth-order valence-corrected chi connectivity index (χ4v) is 5.09. The third-order valence-electron chi connectivity index (χ3n) is 5.97. The van der Waals surface area contributed by atoms with Gasteiger partial charge in [0, 0.05) is 36.7 Å². The summed E-state index contributed by atoms with van der Waals surface area (Å²) in [5.41, 5.74) is 3.29. The quantitative estimate of drug-likeness (QED) is 0.154. The summed E-state index contributed by atoms with van der Waals surface area (Å²) in [6, 6.07) is 24.4. The minimum Gasteiger partial charge on any atom is -0.352 e. The number of hydrogen-bond donors (Lipinski definition) is 1. The number of amides is 1. The third-order valence-corrected chi connectivity index (χ3v) is 7.25. The van der Waals surface area contributed by atoms with Gasteiger partial charge in [0.15, 0.2) is 5.16 Å². The van der Waals surface area contributed by atoms with Crippen LogP contribution in [-0.2, 0) is 36.5 Å². The van der Waals surface area contributed by atoms with E-state index in [1.165, 1.54) is 17.7 Å². The summed E-state index contributed by atoms with van der Waals surface area (Å²) in [4.78, 5) is 12.2. The molecular weight excluding hydrogens is 507 g/mol. The summed E-state index contributed by atoms with van der Waals surface area (Å²) >= 11 is 7.80. The van der Waals surface area contributed by atoms with Gasteiger partial charge in [-0.15, -0.1) is 10.2 Å². The molecule has 0 spiro atoms. The maximum absolute atomic E-state index is 13.0. The number of halogens is 2. The molecule has 37 heavy (non-hydrogen) atoms. The molecule has 5 nitrogen and oxygen atoms in total. The Hall–Kier alpha value is -3.16. The molecule has 0 atom stereocenters. The molecule has 3 aromatic carbocycles. The minimum atomic E-state index is -0.280. The molecule has 4 rings (SSSR count). The highest BCUT2D eigenvalue weighted by Gasteiger charge is 2.13. The molecule has 1 amide bonds. The molecule has 0 aliphatic carbocycles. The zero-order chi connectivity index (χ0) is 25.9. The van der Waals surface area contributed by atoms with E-state index in [0.717, 1.165) is 65.1 Å². The average molecular weight is 537 g/mol. The van der Waals surface area contributed by atoms with Crippen molar-refractivity contribution in [1.82, 2.24) is 20.1 Å². The van der Waals surface area contributed by atoms with E-state index in [1.807, 2.05) is 24.3 Å². The van der Waals surface area contributed by atoms with Crippen LogP contribution in [0.1, 0.15) is 41.8 Å². The molecule has 1 heterocycles. The van der Waals surface area contributed by atoms with Gasteiger partial charge >= 0.3 is 0 Å². The number of hydrogen-bond acceptors (Lipinski definition) is 4. The number of carbonyl (C=O) groups excluding carboxylic acids is 1. The highest BCUT2D eigenvalue weighted by Crippen LogP contribution is 2.24. The molecule has 1 N–H and O–H groups in total. The monoisotopic (exact) mass is 536 g/mol. The highest BCUT2D eigenvalue weighted by molar-refractivity contribution is 7.98. The second-order valence-corrected chi connectivity index (χ2v) is 10.2. The standard InChI is InChI=1S/C29H30ClFN4OS/c30-25-10-6-9-24(19-25)21-37-29-34-33-27(35(29)18-17-22-7-2-1-3-8-22)11-4-5-12-28(36)32-20-23-13-15-26(31)16-14-23/h1-3,6-10,13-16,19H,4-5,11-12,17-18,20-21H2,(H,32,36). The molecule has 8 heteroatoms. The van der Waals surface area contributed by atoms with Gasteiger partial charge in [0.1, 0.15) is 11.6 Å². The van der Waals surface area contributed by atoms with Gasteiger partial charge in [0.25, 0.3) is 0 Å². The van der Waals surface area contributed by atoms with Gasteiger partial charge in [0.2, 0.25) is 5.91 Å². The maximum atomic E-state index is 13.0. The SMILES string of the molecule is O=C(CCCCc1nnc(SCc2cccc(Cl)c2)n1CCc1ccccc1)NCc1ccc(F)cc1. The average Bonchev–Trinajstić information content (AvgIpc) is 3.30. The Bertz CT molecular complexity index is 1280. The number of unbranched alkanes of at least 4 members (excludes halogenated alkanes) is 1. The number of aromatic nitrogens is 3. The minimum absolute atomic E-state index is 0.00682. The summed E-state index contributed by atoms with van der Waals surface area (Å²) in [6.07, 6.45) is 3.68. The Morgan fingerprint density at radius 2 is 1.68 bits per heavy atom. The van der Waals surface area contributed by atoms with E-state index >= 15 is 0 Å². The number of carbonyl (C=O) groups is 1. The molecule has 0 unspecified atom stereocenters. The molecule has 0 aliphatic heterocycles. The number of rotatable bonds is 13.